The number of rotatable bonds is 2. The number of benzene rings is 1. The Bertz CT molecular complexity index is 688. The Balaban J connectivity index is 2.47. The van der Waals surface area contributed by atoms with E-state index in [0.29, 0.717) is 26.7 Å². The van der Waals surface area contributed by atoms with E-state index < -0.39 is 0 Å². The number of nitrogens with zero attached hydrogens (tertiary/aromatic N) is 1. The predicted molar refractivity (Wildman–Crippen MR) is 72.6 cm³/mol. The number of nitrogens with one attached hydrogen (secondary N) is 1. The maximum atomic E-state index is 9.05. The Morgan fingerprint density at radius 2 is 2.11 bits per heavy atom. The third kappa shape index (κ3) is 2.53. The third-order valence-corrected chi connectivity index (χ3v) is 2.98. The van der Waals surface area contributed by atoms with Crippen molar-refractivity contribution in [2.24, 2.45) is 0 Å². The number of aryl methyl sites for hydroxylation is 1. The number of halogens is 1. The molecule has 3 nitrogen and oxygen atoms in total. The van der Waals surface area contributed by atoms with Crippen LogP contribution in [0, 0.1) is 22.9 Å². The van der Waals surface area contributed by atoms with E-state index in [0.717, 1.165) is 5.56 Å². The fraction of sp³-hybridized carbons (Fsp3) is 0.0769. The van der Waals surface area contributed by atoms with Crippen LogP contribution in [0.4, 0.5) is 0 Å². The smallest absolute Gasteiger partial charge is 0.149 e. The van der Waals surface area contributed by atoms with Crippen molar-refractivity contribution in [1.29, 1.82) is 5.26 Å². The fourth-order valence-electron chi connectivity index (χ4n) is 1.46. The molecule has 0 aliphatic carbocycles. The normalized spacial score (nSPS) is 9.83. The SMILES string of the molecule is Cc1ccc(Cl)c(Oc2cc[nH]c(=S)c2C#N)c1. The predicted octanol–water partition coefficient (Wildman–Crippen LogP) is 4.37. The zero-order valence-electron chi connectivity index (χ0n) is 9.53. The van der Waals surface area contributed by atoms with E-state index in [1.54, 1.807) is 18.3 Å². The molecule has 18 heavy (non-hydrogen) atoms. The van der Waals surface area contributed by atoms with Crippen LogP contribution < -0.4 is 4.74 Å². The van der Waals surface area contributed by atoms with Gasteiger partial charge in [-0.15, -0.1) is 0 Å². The second kappa shape index (κ2) is 5.21. The molecular formula is C13H9ClN2OS. The first-order chi connectivity index (χ1) is 8.61. The molecule has 2 aromatic rings. The zero-order valence-corrected chi connectivity index (χ0v) is 11.1. The number of H-pyrrole nitrogens is 1. The van der Waals surface area contributed by atoms with Gasteiger partial charge in [0.15, 0.2) is 0 Å². The minimum absolute atomic E-state index is 0.296. The van der Waals surface area contributed by atoms with Gasteiger partial charge in [-0.1, -0.05) is 29.9 Å². The van der Waals surface area contributed by atoms with Crippen LogP contribution in [0.5, 0.6) is 11.5 Å². The van der Waals surface area contributed by atoms with Gasteiger partial charge in [0.25, 0.3) is 0 Å². The average molecular weight is 277 g/mol. The first-order valence-corrected chi connectivity index (χ1v) is 5.96. The second-order valence-corrected chi connectivity index (χ2v) is 4.51. The average Bonchev–Trinajstić information content (AvgIpc) is 2.34. The molecule has 0 saturated carbocycles. The molecule has 1 aromatic heterocycles. The van der Waals surface area contributed by atoms with Crippen LogP contribution >= 0.6 is 23.8 Å². The highest BCUT2D eigenvalue weighted by atomic mass is 35.5. The van der Waals surface area contributed by atoms with Crippen molar-refractivity contribution in [2.75, 3.05) is 0 Å². The minimum Gasteiger partial charge on any atom is -0.454 e. The van der Waals surface area contributed by atoms with Crippen molar-refractivity contribution in [2.45, 2.75) is 6.92 Å². The van der Waals surface area contributed by atoms with Gasteiger partial charge in [-0.2, -0.15) is 5.26 Å². The highest BCUT2D eigenvalue weighted by Crippen LogP contribution is 2.31. The summed E-state index contributed by atoms with van der Waals surface area (Å²) < 4.78 is 6.00. The van der Waals surface area contributed by atoms with Gasteiger partial charge in [0.2, 0.25) is 0 Å². The van der Waals surface area contributed by atoms with Gasteiger partial charge >= 0.3 is 0 Å². The molecule has 0 fully saturated rings. The molecule has 0 amide bonds. The van der Waals surface area contributed by atoms with E-state index in [-0.39, 0.29) is 0 Å². The third-order valence-electron chi connectivity index (χ3n) is 2.34. The lowest BCUT2D eigenvalue weighted by molar-refractivity contribution is 0.480. The van der Waals surface area contributed by atoms with Crippen LogP contribution in [0.15, 0.2) is 30.5 Å². The highest BCUT2D eigenvalue weighted by Gasteiger charge is 2.09. The maximum absolute atomic E-state index is 9.05. The Kier molecular flexibility index (Phi) is 3.66. The standard InChI is InChI=1S/C13H9ClN2OS/c1-8-2-3-10(14)12(6-8)17-11-4-5-16-13(18)9(11)7-15/h2-6H,1H3,(H,16,18). The molecule has 0 atom stereocenters. The van der Waals surface area contributed by atoms with Crippen LogP contribution in [-0.2, 0) is 0 Å². The molecule has 1 aromatic carbocycles. The van der Waals surface area contributed by atoms with Gasteiger partial charge in [0.1, 0.15) is 27.8 Å². The summed E-state index contributed by atoms with van der Waals surface area (Å²) in [6.07, 6.45) is 1.63. The van der Waals surface area contributed by atoms with Gasteiger partial charge in [-0.05, 0) is 30.7 Å². The van der Waals surface area contributed by atoms with Gasteiger partial charge in [-0.25, -0.2) is 0 Å². The van der Waals surface area contributed by atoms with E-state index >= 15 is 0 Å². The van der Waals surface area contributed by atoms with Crippen molar-refractivity contribution in [3.63, 3.8) is 0 Å². The largest absolute Gasteiger partial charge is 0.454 e. The molecule has 0 saturated heterocycles. The summed E-state index contributed by atoms with van der Waals surface area (Å²) in [5, 5.41) is 9.54. The van der Waals surface area contributed by atoms with Crippen molar-refractivity contribution < 1.29 is 4.74 Å². The van der Waals surface area contributed by atoms with Crippen LogP contribution in [0.3, 0.4) is 0 Å². The molecule has 5 heteroatoms. The number of nitriles is 1. The lowest BCUT2D eigenvalue weighted by Crippen LogP contribution is -1.91. The lowest BCUT2D eigenvalue weighted by Gasteiger charge is -2.09. The van der Waals surface area contributed by atoms with Crippen molar-refractivity contribution in [3.8, 4) is 17.6 Å². The van der Waals surface area contributed by atoms with E-state index in [2.05, 4.69) is 4.98 Å². The number of aromatic amines is 1. The summed E-state index contributed by atoms with van der Waals surface area (Å²) in [6, 6.07) is 9.11. The number of aromatic nitrogens is 1. The summed E-state index contributed by atoms with van der Waals surface area (Å²) in [7, 11) is 0. The van der Waals surface area contributed by atoms with Crippen LogP contribution in [0.25, 0.3) is 0 Å². The summed E-state index contributed by atoms with van der Waals surface area (Å²) in [5.41, 5.74) is 1.32. The summed E-state index contributed by atoms with van der Waals surface area (Å²) in [5.74, 6) is 0.905. The monoisotopic (exact) mass is 276 g/mol. The molecular weight excluding hydrogens is 268 g/mol. The van der Waals surface area contributed by atoms with Gasteiger partial charge in [0.05, 0.1) is 5.02 Å². The topological polar surface area (TPSA) is 48.8 Å². The van der Waals surface area contributed by atoms with Crippen molar-refractivity contribution in [1.82, 2.24) is 4.98 Å². The number of hydrogen-bond donors (Lipinski definition) is 1. The Hall–Kier alpha value is -1.83. The highest BCUT2D eigenvalue weighted by molar-refractivity contribution is 7.71. The fourth-order valence-corrected chi connectivity index (χ4v) is 1.83. The van der Waals surface area contributed by atoms with Gasteiger partial charge in [0, 0.05) is 6.20 Å². The van der Waals surface area contributed by atoms with Crippen molar-refractivity contribution in [3.05, 3.63) is 51.3 Å². The number of hydrogen-bond acceptors (Lipinski definition) is 3. The van der Waals surface area contributed by atoms with E-state index in [9.17, 15) is 0 Å². The molecule has 0 aliphatic rings. The minimum atomic E-state index is 0.296. The Labute approximate surface area is 115 Å². The first-order valence-electron chi connectivity index (χ1n) is 5.17. The van der Waals surface area contributed by atoms with Crippen LogP contribution in [0.1, 0.15) is 11.1 Å². The maximum Gasteiger partial charge on any atom is 0.149 e. The second-order valence-electron chi connectivity index (χ2n) is 3.69. The molecule has 1 N–H and O–H groups in total. The Morgan fingerprint density at radius 1 is 1.33 bits per heavy atom. The summed E-state index contributed by atoms with van der Waals surface area (Å²) in [6.45, 7) is 1.94. The molecule has 1 heterocycles. The summed E-state index contributed by atoms with van der Waals surface area (Å²) in [4.78, 5) is 2.78. The van der Waals surface area contributed by atoms with Crippen molar-refractivity contribution >= 4 is 23.8 Å². The number of pyridine rings is 1. The number of ether oxygens (including phenoxy) is 1. The molecule has 0 bridgehead atoms. The summed E-state index contributed by atoms with van der Waals surface area (Å²) >= 11 is 11.1. The first kappa shape index (κ1) is 12.6. The van der Waals surface area contributed by atoms with E-state index in [1.165, 1.54) is 0 Å². The van der Waals surface area contributed by atoms with E-state index in [4.69, 9.17) is 33.8 Å². The molecule has 0 spiro atoms. The lowest BCUT2D eigenvalue weighted by atomic mass is 10.2. The Morgan fingerprint density at radius 3 is 2.83 bits per heavy atom. The van der Waals surface area contributed by atoms with Crippen LogP contribution in [0.2, 0.25) is 5.02 Å². The molecule has 0 unspecified atom stereocenters. The van der Waals surface area contributed by atoms with Gasteiger partial charge < -0.3 is 9.72 Å². The molecule has 90 valence electrons. The quantitative estimate of drug-likeness (QED) is 0.829. The van der Waals surface area contributed by atoms with E-state index in [1.807, 2.05) is 25.1 Å². The molecule has 0 aliphatic heterocycles. The molecule has 0 radical (unpaired) electrons. The zero-order chi connectivity index (χ0) is 13.1. The van der Waals surface area contributed by atoms with Gasteiger partial charge in [-0.3, -0.25) is 0 Å². The van der Waals surface area contributed by atoms with Crippen LogP contribution in [-0.4, -0.2) is 4.98 Å². The molecule has 2 rings (SSSR count).